The first-order valence-corrected chi connectivity index (χ1v) is 21.4. The normalized spacial score (nSPS) is 11.9. The van der Waals surface area contributed by atoms with Crippen LogP contribution in [-0.2, 0) is 28.6 Å². The van der Waals surface area contributed by atoms with E-state index in [1.807, 2.05) is 0 Å². The second-order valence-corrected chi connectivity index (χ2v) is 15.1. The molecule has 6 heteroatoms. The van der Waals surface area contributed by atoms with Gasteiger partial charge in [-0.3, -0.25) is 14.4 Å². The third-order valence-electron chi connectivity index (χ3n) is 9.54. The van der Waals surface area contributed by atoms with Gasteiger partial charge in [-0.05, 0) is 25.2 Å². The molecule has 0 bridgehead atoms. The SMILES string of the molecule is CCCCCCCCCCCCC(=O)OC[C@@H](COC(=O)CCCCCCCCCCCC(C)C)OC(=O)CCCCCCCCCCC. The van der Waals surface area contributed by atoms with Crippen molar-refractivity contribution in [1.29, 1.82) is 0 Å². The molecule has 0 saturated carbocycles. The first-order chi connectivity index (χ1) is 23.9. The molecule has 0 aromatic carbocycles. The highest BCUT2D eigenvalue weighted by Gasteiger charge is 2.19. The van der Waals surface area contributed by atoms with Crippen LogP contribution in [-0.4, -0.2) is 37.2 Å². The number of carbonyl (C=O) groups excluding carboxylic acids is 3. The largest absolute Gasteiger partial charge is 0.462 e. The summed E-state index contributed by atoms with van der Waals surface area (Å²) in [5.74, 6) is -0.0542. The molecule has 0 aliphatic rings. The van der Waals surface area contributed by atoms with Gasteiger partial charge in [0.05, 0.1) is 0 Å². The predicted molar refractivity (Wildman–Crippen MR) is 206 cm³/mol. The Kier molecular flexibility index (Phi) is 36.4. The Balaban J connectivity index is 4.32. The van der Waals surface area contributed by atoms with Crippen molar-refractivity contribution >= 4 is 17.9 Å². The van der Waals surface area contributed by atoms with Gasteiger partial charge in [0.25, 0.3) is 0 Å². The van der Waals surface area contributed by atoms with E-state index in [2.05, 4.69) is 27.7 Å². The monoisotopic (exact) mass is 695 g/mol. The minimum absolute atomic E-state index is 0.0646. The van der Waals surface area contributed by atoms with Crippen LogP contribution in [0.25, 0.3) is 0 Å². The second kappa shape index (κ2) is 37.7. The molecule has 0 unspecified atom stereocenters. The van der Waals surface area contributed by atoms with Crippen molar-refractivity contribution in [2.45, 2.75) is 239 Å². The highest BCUT2D eigenvalue weighted by molar-refractivity contribution is 5.71. The molecular formula is C43H82O6. The lowest BCUT2D eigenvalue weighted by molar-refractivity contribution is -0.167. The van der Waals surface area contributed by atoms with Crippen LogP contribution >= 0.6 is 0 Å². The van der Waals surface area contributed by atoms with Gasteiger partial charge in [0.2, 0.25) is 0 Å². The number of hydrogen-bond acceptors (Lipinski definition) is 6. The Morgan fingerprint density at radius 1 is 0.388 bits per heavy atom. The average molecular weight is 695 g/mol. The predicted octanol–water partition coefficient (Wildman–Crippen LogP) is 13.2. The summed E-state index contributed by atoms with van der Waals surface area (Å²) >= 11 is 0. The van der Waals surface area contributed by atoms with Crippen molar-refractivity contribution in [3.63, 3.8) is 0 Å². The van der Waals surface area contributed by atoms with Gasteiger partial charge in [0.15, 0.2) is 6.10 Å². The van der Waals surface area contributed by atoms with E-state index in [4.69, 9.17) is 14.2 Å². The van der Waals surface area contributed by atoms with Crippen LogP contribution in [0.2, 0.25) is 0 Å². The van der Waals surface area contributed by atoms with Gasteiger partial charge in [0.1, 0.15) is 13.2 Å². The molecule has 0 aliphatic heterocycles. The summed E-state index contributed by atoms with van der Waals surface area (Å²) in [6, 6.07) is 0. The molecule has 0 spiro atoms. The van der Waals surface area contributed by atoms with Crippen LogP contribution in [0.15, 0.2) is 0 Å². The van der Waals surface area contributed by atoms with Crippen molar-refractivity contribution in [3.05, 3.63) is 0 Å². The van der Waals surface area contributed by atoms with Crippen LogP contribution in [0.4, 0.5) is 0 Å². The zero-order chi connectivity index (χ0) is 36.0. The van der Waals surface area contributed by atoms with Crippen LogP contribution in [0, 0.1) is 5.92 Å². The molecule has 1 atom stereocenters. The fourth-order valence-electron chi connectivity index (χ4n) is 6.27. The second-order valence-electron chi connectivity index (χ2n) is 15.1. The zero-order valence-electron chi connectivity index (χ0n) is 33.1. The molecular weight excluding hydrogens is 612 g/mol. The lowest BCUT2D eigenvalue weighted by Gasteiger charge is -2.18. The van der Waals surface area contributed by atoms with Gasteiger partial charge in [-0.1, -0.05) is 195 Å². The topological polar surface area (TPSA) is 78.9 Å². The van der Waals surface area contributed by atoms with E-state index in [0.29, 0.717) is 19.3 Å². The van der Waals surface area contributed by atoms with E-state index in [1.54, 1.807) is 0 Å². The highest BCUT2D eigenvalue weighted by Crippen LogP contribution is 2.15. The Hall–Kier alpha value is -1.59. The van der Waals surface area contributed by atoms with E-state index in [9.17, 15) is 14.4 Å². The molecule has 0 aromatic heterocycles. The fraction of sp³-hybridized carbons (Fsp3) is 0.930. The maximum atomic E-state index is 12.6. The van der Waals surface area contributed by atoms with Gasteiger partial charge < -0.3 is 14.2 Å². The van der Waals surface area contributed by atoms with Gasteiger partial charge >= 0.3 is 17.9 Å². The number of carbonyl (C=O) groups is 3. The third-order valence-corrected chi connectivity index (χ3v) is 9.54. The molecule has 0 aliphatic carbocycles. The molecule has 0 heterocycles. The van der Waals surface area contributed by atoms with Crippen LogP contribution in [0.3, 0.4) is 0 Å². The first-order valence-electron chi connectivity index (χ1n) is 21.4. The van der Waals surface area contributed by atoms with Gasteiger partial charge in [-0.15, -0.1) is 0 Å². The lowest BCUT2D eigenvalue weighted by atomic mass is 10.0. The van der Waals surface area contributed by atoms with Crippen LogP contribution in [0.5, 0.6) is 0 Å². The molecule has 290 valence electrons. The first kappa shape index (κ1) is 47.4. The van der Waals surface area contributed by atoms with Crippen molar-refractivity contribution in [2.24, 2.45) is 5.92 Å². The molecule has 0 N–H and O–H groups in total. The molecule has 6 nitrogen and oxygen atoms in total. The molecule has 0 aromatic rings. The lowest BCUT2D eigenvalue weighted by Crippen LogP contribution is -2.30. The summed E-state index contributed by atoms with van der Waals surface area (Å²) < 4.78 is 16.6. The van der Waals surface area contributed by atoms with Gasteiger partial charge in [-0.25, -0.2) is 0 Å². The Morgan fingerprint density at radius 3 is 1.00 bits per heavy atom. The van der Waals surface area contributed by atoms with Crippen molar-refractivity contribution in [1.82, 2.24) is 0 Å². The highest BCUT2D eigenvalue weighted by atomic mass is 16.6. The van der Waals surface area contributed by atoms with Crippen molar-refractivity contribution in [2.75, 3.05) is 13.2 Å². The zero-order valence-corrected chi connectivity index (χ0v) is 33.1. The van der Waals surface area contributed by atoms with Gasteiger partial charge in [-0.2, -0.15) is 0 Å². The number of rotatable bonds is 38. The van der Waals surface area contributed by atoms with Gasteiger partial charge in [0, 0.05) is 19.3 Å². The number of ether oxygens (including phenoxy) is 3. The smallest absolute Gasteiger partial charge is 0.306 e. The molecule has 0 radical (unpaired) electrons. The molecule has 0 saturated heterocycles. The summed E-state index contributed by atoms with van der Waals surface area (Å²) in [5, 5.41) is 0. The summed E-state index contributed by atoms with van der Waals surface area (Å²) in [6.07, 6.45) is 35.2. The Labute approximate surface area is 304 Å². The van der Waals surface area contributed by atoms with Crippen molar-refractivity contribution < 1.29 is 28.6 Å². The van der Waals surface area contributed by atoms with E-state index in [1.165, 1.54) is 128 Å². The number of hydrogen-bond donors (Lipinski definition) is 0. The van der Waals surface area contributed by atoms with E-state index >= 15 is 0 Å². The van der Waals surface area contributed by atoms with E-state index in [-0.39, 0.29) is 31.1 Å². The standard InChI is InChI=1S/C43H82O6/c1-5-7-9-11-13-15-19-22-26-30-34-41(44)47-37-40(49-43(46)36-32-28-24-17-14-12-10-8-6-2)38-48-42(45)35-31-27-23-20-16-18-21-25-29-33-39(3)4/h39-40H,5-38H2,1-4H3/t40-/m0/s1. The minimum atomic E-state index is -0.757. The molecule has 0 rings (SSSR count). The van der Waals surface area contributed by atoms with E-state index in [0.717, 1.165) is 63.7 Å². The quantitative estimate of drug-likeness (QED) is 0.0364. The van der Waals surface area contributed by atoms with Crippen LogP contribution < -0.4 is 0 Å². The fourth-order valence-corrected chi connectivity index (χ4v) is 6.27. The average Bonchev–Trinajstić information content (AvgIpc) is 3.08. The maximum Gasteiger partial charge on any atom is 0.306 e. The summed E-state index contributed by atoms with van der Waals surface area (Å²) in [5.41, 5.74) is 0. The Morgan fingerprint density at radius 2 is 0.673 bits per heavy atom. The Bertz CT molecular complexity index is 736. The molecule has 0 fully saturated rings. The number of esters is 3. The van der Waals surface area contributed by atoms with Crippen LogP contribution in [0.1, 0.15) is 233 Å². The number of unbranched alkanes of at least 4 members (excludes halogenated alkanes) is 25. The summed E-state index contributed by atoms with van der Waals surface area (Å²) in [7, 11) is 0. The molecule has 0 amide bonds. The molecule has 49 heavy (non-hydrogen) atoms. The summed E-state index contributed by atoms with van der Waals surface area (Å²) in [6.45, 7) is 8.93. The third kappa shape index (κ3) is 37.5. The summed E-state index contributed by atoms with van der Waals surface area (Å²) in [4.78, 5) is 37.5. The minimum Gasteiger partial charge on any atom is -0.462 e. The van der Waals surface area contributed by atoms with Crippen molar-refractivity contribution in [3.8, 4) is 0 Å². The maximum absolute atomic E-state index is 12.6. The van der Waals surface area contributed by atoms with E-state index < -0.39 is 6.10 Å².